The van der Waals surface area contributed by atoms with Gasteiger partial charge in [0, 0.05) is 25.3 Å². The van der Waals surface area contributed by atoms with Gasteiger partial charge in [-0.05, 0) is 12.2 Å². The predicted molar refractivity (Wildman–Crippen MR) is 67.9 cm³/mol. The third-order valence-corrected chi connectivity index (χ3v) is 3.47. The normalized spacial score (nSPS) is 17.1. The molecule has 0 amide bonds. The molecule has 0 saturated carbocycles. The highest BCUT2D eigenvalue weighted by atomic mass is 32.1. The largest absolute Gasteiger partial charge is 0.257 e. The smallest absolute Gasteiger partial charge is 0.107 e. The first-order valence-corrected chi connectivity index (χ1v) is 5.82. The lowest BCUT2D eigenvalue weighted by atomic mass is 10.3. The SMILES string of the molecule is C1=Cc2sc3c(c2N=CC1)N=CCC=C3. The molecule has 1 aromatic heterocycles. The molecule has 1 aromatic rings. The van der Waals surface area contributed by atoms with Crippen LogP contribution in [0.25, 0.3) is 12.2 Å². The van der Waals surface area contributed by atoms with E-state index in [0.717, 1.165) is 24.2 Å². The van der Waals surface area contributed by atoms with E-state index in [9.17, 15) is 0 Å². The van der Waals surface area contributed by atoms with Gasteiger partial charge in [-0.2, -0.15) is 0 Å². The first kappa shape index (κ1) is 8.80. The van der Waals surface area contributed by atoms with Crippen LogP contribution in [0.15, 0.2) is 22.1 Å². The van der Waals surface area contributed by atoms with E-state index in [1.165, 1.54) is 9.75 Å². The molecule has 0 N–H and O–H groups in total. The molecule has 0 saturated heterocycles. The summed E-state index contributed by atoms with van der Waals surface area (Å²) in [7, 11) is 0. The number of nitrogens with zero attached hydrogens (tertiary/aromatic N) is 2. The van der Waals surface area contributed by atoms with E-state index in [0.29, 0.717) is 0 Å². The summed E-state index contributed by atoms with van der Waals surface area (Å²) in [4.78, 5) is 11.4. The second-order valence-corrected chi connectivity index (χ2v) is 4.51. The van der Waals surface area contributed by atoms with Gasteiger partial charge < -0.3 is 0 Å². The fraction of sp³-hybridized carbons (Fsp3) is 0.167. The molecule has 0 unspecified atom stereocenters. The Morgan fingerprint density at radius 1 is 0.867 bits per heavy atom. The maximum absolute atomic E-state index is 4.48. The Kier molecular flexibility index (Phi) is 2.10. The standard InChI is InChI=1S/C12H10N2S/c1-3-7-13-11-9(5-1)15-10-6-2-4-8-14-12(10)11/h1-2,5-8H,3-4H2. The zero-order valence-electron chi connectivity index (χ0n) is 8.18. The van der Waals surface area contributed by atoms with Crippen molar-refractivity contribution >= 4 is 47.3 Å². The van der Waals surface area contributed by atoms with Crippen molar-refractivity contribution in [1.29, 1.82) is 0 Å². The van der Waals surface area contributed by atoms with Crippen LogP contribution in [-0.2, 0) is 0 Å². The van der Waals surface area contributed by atoms with Gasteiger partial charge in [0.1, 0.15) is 11.4 Å². The van der Waals surface area contributed by atoms with Gasteiger partial charge in [0.15, 0.2) is 0 Å². The fourth-order valence-corrected chi connectivity index (χ4v) is 2.74. The topological polar surface area (TPSA) is 24.7 Å². The molecular weight excluding hydrogens is 204 g/mol. The van der Waals surface area contributed by atoms with Crippen molar-refractivity contribution in [1.82, 2.24) is 0 Å². The number of rotatable bonds is 0. The highest BCUT2D eigenvalue weighted by Gasteiger charge is 2.15. The first-order valence-electron chi connectivity index (χ1n) is 5.00. The van der Waals surface area contributed by atoms with Gasteiger partial charge in [-0.15, -0.1) is 11.3 Å². The van der Waals surface area contributed by atoms with Gasteiger partial charge in [0.25, 0.3) is 0 Å². The average Bonchev–Trinajstić information content (AvgIpc) is 2.51. The maximum Gasteiger partial charge on any atom is 0.107 e. The fourth-order valence-electron chi connectivity index (χ4n) is 1.68. The number of hydrogen-bond acceptors (Lipinski definition) is 3. The molecule has 2 nitrogen and oxygen atoms in total. The van der Waals surface area contributed by atoms with Crippen LogP contribution in [0.3, 0.4) is 0 Å². The van der Waals surface area contributed by atoms with E-state index in [2.05, 4.69) is 34.3 Å². The van der Waals surface area contributed by atoms with Crippen molar-refractivity contribution in [3.63, 3.8) is 0 Å². The summed E-state index contributed by atoms with van der Waals surface area (Å²) in [5.74, 6) is 0. The van der Waals surface area contributed by atoms with Gasteiger partial charge in [-0.1, -0.05) is 12.2 Å². The van der Waals surface area contributed by atoms with E-state index in [1.807, 2.05) is 12.4 Å². The molecule has 0 aromatic carbocycles. The molecule has 3 rings (SSSR count). The van der Waals surface area contributed by atoms with Gasteiger partial charge in [0.05, 0.1) is 9.75 Å². The van der Waals surface area contributed by atoms with Crippen LogP contribution in [0.1, 0.15) is 22.6 Å². The van der Waals surface area contributed by atoms with Gasteiger partial charge in [-0.25, -0.2) is 0 Å². The highest BCUT2D eigenvalue weighted by Crippen LogP contribution is 2.45. The van der Waals surface area contributed by atoms with Crippen molar-refractivity contribution in [2.45, 2.75) is 12.8 Å². The predicted octanol–water partition coefficient (Wildman–Crippen LogP) is 3.99. The Balaban J connectivity index is 2.26. The number of hydrogen-bond donors (Lipinski definition) is 0. The summed E-state index contributed by atoms with van der Waals surface area (Å²) in [5, 5.41) is 0. The van der Waals surface area contributed by atoms with Crippen LogP contribution >= 0.6 is 11.3 Å². The molecular formula is C12H10N2S. The summed E-state index contributed by atoms with van der Waals surface area (Å²) >= 11 is 1.76. The quantitative estimate of drug-likeness (QED) is 0.624. The lowest BCUT2D eigenvalue weighted by Crippen LogP contribution is -1.68. The average molecular weight is 214 g/mol. The Hall–Kier alpha value is -1.48. The Morgan fingerprint density at radius 3 is 1.93 bits per heavy atom. The molecule has 2 aliphatic heterocycles. The molecule has 2 aliphatic rings. The molecule has 0 bridgehead atoms. The lowest BCUT2D eigenvalue weighted by Gasteiger charge is -1.93. The van der Waals surface area contributed by atoms with E-state index in [4.69, 9.17) is 0 Å². The van der Waals surface area contributed by atoms with Crippen LogP contribution in [0.5, 0.6) is 0 Å². The van der Waals surface area contributed by atoms with Crippen LogP contribution in [0.4, 0.5) is 11.4 Å². The minimum atomic E-state index is 0.912. The zero-order valence-corrected chi connectivity index (χ0v) is 9.00. The first-order chi connectivity index (χ1) is 7.45. The molecule has 3 heterocycles. The minimum absolute atomic E-state index is 0.912. The third-order valence-electron chi connectivity index (χ3n) is 2.37. The third kappa shape index (κ3) is 1.49. The summed E-state index contributed by atoms with van der Waals surface area (Å²) in [5.41, 5.74) is 2.07. The molecule has 74 valence electrons. The second-order valence-electron chi connectivity index (χ2n) is 3.43. The van der Waals surface area contributed by atoms with Crippen molar-refractivity contribution in [3.05, 3.63) is 21.9 Å². The summed E-state index contributed by atoms with van der Waals surface area (Å²) in [6, 6.07) is 0. The van der Waals surface area contributed by atoms with Crippen molar-refractivity contribution < 1.29 is 0 Å². The van der Waals surface area contributed by atoms with Gasteiger partial charge in [0.2, 0.25) is 0 Å². The monoisotopic (exact) mass is 214 g/mol. The molecule has 3 heteroatoms. The van der Waals surface area contributed by atoms with E-state index >= 15 is 0 Å². The minimum Gasteiger partial charge on any atom is -0.257 e. The number of fused-ring (bicyclic) bond motifs is 3. The van der Waals surface area contributed by atoms with Crippen LogP contribution < -0.4 is 0 Å². The van der Waals surface area contributed by atoms with Crippen molar-refractivity contribution in [3.8, 4) is 0 Å². The molecule has 0 spiro atoms. The Labute approximate surface area is 92.4 Å². The number of thiophene rings is 1. The Morgan fingerprint density at radius 2 is 1.40 bits per heavy atom. The summed E-state index contributed by atoms with van der Waals surface area (Å²) in [6.45, 7) is 0. The van der Waals surface area contributed by atoms with Gasteiger partial charge >= 0.3 is 0 Å². The van der Waals surface area contributed by atoms with Gasteiger partial charge in [-0.3, -0.25) is 9.98 Å². The Bertz CT molecular complexity index is 459. The zero-order chi connectivity index (χ0) is 10.1. The molecule has 0 atom stereocenters. The summed E-state index contributed by atoms with van der Waals surface area (Å²) < 4.78 is 0. The van der Waals surface area contributed by atoms with E-state index < -0.39 is 0 Å². The van der Waals surface area contributed by atoms with Crippen LogP contribution in [-0.4, -0.2) is 12.4 Å². The maximum atomic E-state index is 4.48. The van der Waals surface area contributed by atoms with E-state index in [1.54, 1.807) is 11.3 Å². The number of aliphatic imine (C=N–C) groups is 2. The van der Waals surface area contributed by atoms with Crippen molar-refractivity contribution in [2.75, 3.05) is 0 Å². The molecule has 0 fully saturated rings. The molecule has 15 heavy (non-hydrogen) atoms. The highest BCUT2D eigenvalue weighted by molar-refractivity contribution is 7.15. The van der Waals surface area contributed by atoms with Crippen LogP contribution in [0.2, 0.25) is 0 Å². The van der Waals surface area contributed by atoms with Crippen molar-refractivity contribution in [2.24, 2.45) is 9.98 Å². The summed E-state index contributed by atoms with van der Waals surface area (Å²) in [6.07, 6.45) is 14.3. The number of allylic oxidation sites excluding steroid dienone is 2. The lowest BCUT2D eigenvalue weighted by molar-refractivity contribution is 1.46. The van der Waals surface area contributed by atoms with Crippen LogP contribution in [0, 0.1) is 0 Å². The van der Waals surface area contributed by atoms with E-state index in [-0.39, 0.29) is 0 Å². The molecule has 0 radical (unpaired) electrons. The molecule has 0 aliphatic carbocycles. The second kappa shape index (κ2) is 3.59.